The molecule has 2 N–H and O–H groups in total. The van der Waals surface area contributed by atoms with Crippen LogP contribution in [0, 0.1) is 0 Å². The Kier molecular flexibility index (Phi) is 7.62. The Hall–Kier alpha value is -3.34. The number of anilines is 2. The number of carbonyl (C=O) groups excluding carboxylic acids is 1. The summed E-state index contributed by atoms with van der Waals surface area (Å²) in [7, 11) is 1.60. The van der Waals surface area contributed by atoms with Crippen LogP contribution in [0.1, 0.15) is 49.8 Å². The highest BCUT2D eigenvalue weighted by Crippen LogP contribution is 2.43. The number of nitrogens with zero attached hydrogens (tertiary/aromatic N) is 5. The van der Waals surface area contributed by atoms with Gasteiger partial charge in [0, 0.05) is 61.4 Å². The van der Waals surface area contributed by atoms with Gasteiger partial charge in [-0.05, 0) is 69.0 Å². The van der Waals surface area contributed by atoms with E-state index in [4.69, 9.17) is 31.0 Å². The van der Waals surface area contributed by atoms with Crippen LogP contribution >= 0.6 is 11.6 Å². The topological polar surface area (TPSA) is 95.1 Å². The van der Waals surface area contributed by atoms with Gasteiger partial charge in [0.1, 0.15) is 19.0 Å². The number of ether oxygens (including phenoxy) is 2. The number of nitrogens with one attached hydrogen (secondary N) is 2. The van der Waals surface area contributed by atoms with Gasteiger partial charge in [0.2, 0.25) is 0 Å². The SMILES string of the molecule is CNC(=O)OC[C@H]1CCC2(COc3nc4c(c(N5CC6CCC(C5)N6)n3)CCN(c3cccc5cccc(Cl)c35)C4)CCCN12. The van der Waals surface area contributed by atoms with E-state index in [-0.39, 0.29) is 17.7 Å². The molecule has 0 radical (unpaired) electrons. The van der Waals surface area contributed by atoms with Gasteiger partial charge in [0.15, 0.2) is 0 Å². The van der Waals surface area contributed by atoms with Crippen LogP contribution in [0.3, 0.4) is 0 Å². The quantitative estimate of drug-likeness (QED) is 0.390. The number of fused-ring (bicyclic) bond motifs is 5. The van der Waals surface area contributed by atoms with Gasteiger partial charge >= 0.3 is 12.1 Å². The molecule has 5 aliphatic rings. The van der Waals surface area contributed by atoms with E-state index in [9.17, 15) is 4.79 Å². The Morgan fingerprint density at radius 1 is 1.07 bits per heavy atom. The van der Waals surface area contributed by atoms with Crippen molar-refractivity contribution < 1.29 is 14.3 Å². The number of alkyl carbamates (subject to hydrolysis) is 1. The van der Waals surface area contributed by atoms with E-state index >= 15 is 0 Å². The minimum atomic E-state index is -0.376. The molecule has 4 saturated heterocycles. The first-order valence-electron chi connectivity index (χ1n) is 16.6. The molecule has 0 aliphatic carbocycles. The number of rotatable bonds is 7. The fourth-order valence-corrected chi connectivity index (χ4v) is 8.94. The molecule has 10 nitrogen and oxygen atoms in total. The number of aromatic nitrogens is 2. The lowest BCUT2D eigenvalue weighted by Crippen LogP contribution is -2.52. The second kappa shape index (κ2) is 11.8. The molecule has 4 fully saturated rings. The molecular formula is C34H42ClN7O3. The first-order chi connectivity index (χ1) is 22.0. The Balaban J connectivity index is 1.08. The molecule has 45 heavy (non-hydrogen) atoms. The maximum absolute atomic E-state index is 11.8. The summed E-state index contributed by atoms with van der Waals surface area (Å²) in [5.74, 6) is 1.05. The maximum Gasteiger partial charge on any atom is 0.406 e. The number of carbonyl (C=O) groups is 1. The van der Waals surface area contributed by atoms with E-state index in [1.54, 1.807) is 7.05 Å². The van der Waals surface area contributed by atoms with E-state index in [1.165, 1.54) is 18.4 Å². The molecule has 0 spiro atoms. The van der Waals surface area contributed by atoms with Crippen molar-refractivity contribution in [3.05, 3.63) is 52.7 Å². The largest absolute Gasteiger partial charge is 0.461 e. The highest BCUT2D eigenvalue weighted by molar-refractivity contribution is 6.36. The first kappa shape index (κ1) is 29.1. The summed E-state index contributed by atoms with van der Waals surface area (Å²) in [6.45, 7) is 5.43. The van der Waals surface area contributed by atoms with Crippen molar-refractivity contribution >= 4 is 40.0 Å². The van der Waals surface area contributed by atoms with Crippen molar-refractivity contribution in [1.29, 1.82) is 0 Å². The molecule has 2 bridgehead atoms. The van der Waals surface area contributed by atoms with Crippen LogP contribution in [0.4, 0.5) is 16.3 Å². The Bertz CT molecular complexity index is 1590. The molecular weight excluding hydrogens is 590 g/mol. The summed E-state index contributed by atoms with van der Waals surface area (Å²) >= 11 is 6.75. The van der Waals surface area contributed by atoms with Gasteiger partial charge in [-0.1, -0.05) is 35.9 Å². The third kappa shape index (κ3) is 5.34. The van der Waals surface area contributed by atoms with Gasteiger partial charge in [-0.3, -0.25) is 4.90 Å². The fourth-order valence-electron chi connectivity index (χ4n) is 8.66. The van der Waals surface area contributed by atoms with Crippen LogP contribution in [-0.4, -0.2) is 91.1 Å². The van der Waals surface area contributed by atoms with Crippen molar-refractivity contribution in [2.24, 2.45) is 0 Å². The summed E-state index contributed by atoms with van der Waals surface area (Å²) in [6, 6.07) is 14.2. The summed E-state index contributed by atoms with van der Waals surface area (Å²) < 4.78 is 12.1. The molecule has 238 valence electrons. The summed E-state index contributed by atoms with van der Waals surface area (Å²) in [5.41, 5.74) is 3.36. The van der Waals surface area contributed by atoms with Crippen LogP contribution < -0.4 is 25.2 Å². The smallest absolute Gasteiger partial charge is 0.406 e. The number of hydrogen-bond donors (Lipinski definition) is 2. The maximum atomic E-state index is 11.8. The zero-order chi connectivity index (χ0) is 30.5. The van der Waals surface area contributed by atoms with Crippen LogP contribution in [-0.2, 0) is 17.7 Å². The second-order valence-electron chi connectivity index (χ2n) is 13.4. The molecule has 4 atom stereocenters. The second-order valence-corrected chi connectivity index (χ2v) is 13.8. The molecule has 0 saturated carbocycles. The summed E-state index contributed by atoms with van der Waals surface area (Å²) in [4.78, 5) is 29.4. The Morgan fingerprint density at radius 3 is 2.71 bits per heavy atom. The highest BCUT2D eigenvalue weighted by Gasteiger charge is 2.50. The normalized spacial score (nSPS) is 27.5. The van der Waals surface area contributed by atoms with Crippen molar-refractivity contribution in [1.82, 2.24) is 25.5 Å². The molecule has 3 aromatic rings. The number of amides is 1. The first-order valence-corrected chi connectivity index (χ1v) is 16.9. The van der Waals surface area contributed by atoms with Crippen molar-refractivity contribution in [2.75, 3.05) is 56.2 Å². The average molecular weight is 632 g/mol. The van der Waals surface area contributed by atoms with Gasteiger partial charge in [-0.25, -0.2) is 4.79 Å². The molecule has 5 aliphatic heterocycles. The highest BCUT2D eigenvalue weighted by atomic mass is 35.5. The Morgan fingerprint density at radius 2 is 1.89 bits per heavy atom. The molecule has 11 heteroatoms. The minimum absolute atomic E-state index is 0.0734. The zero-order valence-corrected chi connectivity index (χ0v) is 26.7. The van der Waals surface area contributed by atoms with E-state index in [1.807, 2.05) is 12.1 Å². The molecule has 8 rings (SSSR count). The lowest BCUT2D eigenvalue weighted by atomic mass is 9.95. The number of halogens is 1. The Labute approximate surface area is 269 Å². The van der Waals surface area contributed by atoms with Crippen molar-refractivity contribution in [2.45, 2.75) is 75.2 Å². The van der Waals surface area contributed by atoms with Gasteiger partial charge in [-0.15, -0.1) is 0 Å². The number of piperazine rings is 1. The monoisotopic (exact) mass is 631 g/mol. The molecule has 2 aromatic carbocycles. The van der Waals surface area contributed by atoms with E-state index in [0.717, 1.165) is 91.3 Å². The third-order valence-electron chi connectivity index (χ3n) is 10.8. The van der Waals surface area contributed by atoms with Gasteiger partial charge in [0.05, 0.1) is 22.8 Å². The average Bonchev–Trinajstić information content (AvgIpc) is 3.74. The molecule has 1 amide bonds. The van der Waals surface area contributed by atoms with E-state index < -0.39 is 0 Å². The zero-order valence-electron chi connectivity index (χ0n) is 25.9. The predicted octanol–water partition coefficient (Wildman–Crippen LogP) is 4.52. The lowest BCUT2D eigenvalue weighted by Gasteiger charge is -2.38. The molecule has 1 aromatic heterocycles. The third-order valence-corrected chi connectivity index (χ3v) is 11.1. The van der Waals surface area contributed by atoms with Gasteiger partial charge < -0.3 is 29.9 Å². The molecule has 6 heterocycles. The number of benzene rings is 2. The van der Waals surface area contributed by atoms with Crippen LogP contribution in [0.5, 0.6) is 6.01 Å². The lowest BCUT2D eigenvalue weighted by molar-refractivity contribution is 0.0554. The van der Waals surface area contributed by atoms with Crippen molar-refractivity contribution in [3.8, 4) is 6.01 Å². The van der Waals surface area contributed by atoms with E-state index in [2.05, 4.69) is 49.6 Å². The van der Waals surface area contributed by atoms with Gasteiger partial charge in [-0.2, -0.15) is 9.97 Å². The molecule has 3 unspecified atom stereocenters. The van der Waals surface area contributed by atoms with Crippen LogP contribution in [0.15, 0.2) is 36.4 Å². The number of hydrogen-bond acceptors (Lipinski definition) is 9. The van der Waals surface area contributed by atoms with E-state index in [0.29, 0.717) is 37.9 Å². The summed E-state index contributed by atoms with van der Waals surface area (Å²) in [5, 5.41) is 9.33. The van der Waals surface area contributed by atoms with Crippen LogP contribution in [0.25, 0.3) is 10.8 Å². The minimum Gasteiger partial charge on any atom is -0.461 e. The predicted molar refractivity (Wildman–Crippen MR) is 175 cm³/mol. The fraction of sp³-hybridized carbons (Fsp3) is 0.559. The van der Waals surface area contributed by atoms with Crippen molar-refractivity contribution in [3.63, 3.8) is 0 Å². The van der Waals surface area contributed by atoms with Gasteiger partial charge in [0.25, 0.3) is 0 Å². The summed E-state index contributed by atoms with van der Waals surface area (Å²) in [6.07, 6.45) is 7.12. The standard InChI is InChI=1S/C34H42ClN7O3/c1-36-33(43)44-20-25-11-14-34(13-4-15-42(25)34)21-45-32-38-28-19-40(29-8-3-6-22-5-2-7-27(35)30(22)29)16-12-26(28)31(39-32)41-17-23-9-10-24(18-41)37-23/h2-3,5-8,23-25,37H,4,9-21H2,1H3,(H,36,43)/t23?,24?,25-,34?/m1/s1. The van der Waals surface area contributed by atoms with Crippen LogP contribution in [0.2, 0.25) is 5.02 Å².